The third-order valence-corrected chi connectivity index (χ3v) is 10.6. The molecule has 4 aromatic heterocycles. The van der Waals surface area contributed by atoms with Crippen molar-refractivity contribution in [3.8, 4) is 23.3 Å². The molecule has 11 heteroatoms. The number of methoxy groups -OCH3 is 1. The maximum absolute atomic E-state index is 13.9. The molecule has 6 heterocycles. The number of fused-ring (bicyclic) bond motifs is 4. The molecule has 9 rings (SSSR count). The van der Waals surface area contributed by atoms with E-state index >= 15 is 0 Å². The van der Waals surface area contributed by atoms with Gasteiger partial charge in [0.05, 0.1) is 41.8 Å². The lowest BCUT2D eigenvalue weighted by Gasteiger charge is -2.42. The lowest BCUT2D eigenvalue weighted by atomic mass is 10.1. The van der Waals surface area contributed by atoms with Crippen molar-refractivity contribution in [2.45, 2.75) is 50.4 Å². The van der Waals surface area contributed by atoms with Crippen molar-refractivity contribution in [2.24, 2.45) is 17.6 Å². The number of rotatable bonds is 7. The molecule has 2 bridgehead atoms. The Balaban J connectivity index is 1.18. The van der Waals surface area contributed by atoms with Gasteiger partial charge in [0.2, 0.25) is 0 Å². The Morgan fingerprint density at radius 2 is 1.98 bits per heavy atom. The Morgan fingerprint density at radius 1 is 1.11 bits per heavy atom. The normalized spacial score (nSPS) is 22.5. The minimum atomic E-state index is -0.00862. The number of ether oxygens (including phenoxy) is 1. The Labute approximate surface area is 266 Å². The predicted molar refractivity (Wildman–Crippen MR) is 173 cm³/mol. The number of pyridine rings is 2. The molecular formula is C35H35N9O2. The highest BCUT2D eigenvalue weighted by Crippen LogP contribution is 2.43. The van der Waals surface area contributed by atoms with E-state index in [0.29, 0.717) is 48.3 Å². The summed E-state index contributed by atoms with van der Waals surface area (Å²) in [5.74, 6) is 2.47. The van der Waals surface area contributed by atoms with Gasteiger partial charge in [-0.1, -0.05) is 0 Å². The van der Waals surface area contributed by atoms with Crippen LogP contribution in [0.3, 0.4) is 0 Å². The van der Waals surface area contributed by atoms with E-state index in [2.05, 4.69) is 37.2 Å². The number of nitrogens with two attached hydrogens (primary N) is 1. The number of benzene rings is 1. The zero-order valence-corrected chi connectivity index (χ0v) is 25.7. The van der Waals surface area contributed by atoms with Crippen LogP contribution in [0.1, 0.15) is 47.6 Å². The predicted octanol–water partition coefficient (Wildman–Crippen LogP) is 4.36. The van der Waals surface area contributed by atoms with Gasteiger partial charge in [-0.3, -0.25) is 9.78 Å². The Hall–Kier alpha value is -4.95. The van der Waals surface area contributed by atoms with Crippen LogP contribution in [0.5, 0.6) is 5.75 Å². The van der Waals surface area contributed by atoms with Gasteiger partial charge in [0.25, 0.3) is 5.91 Å². The summed E-state index contributed by atoms with van der Waals surface area (Å²) in [6, 6.07) is 14.4. The van der Waals surface area contributed by atoms with Gasteiger partial charge in [0.15, 0.2) is 5.82 Å². The third-order valence-electron chi connectivity index (χ3n) is 10.6. The largest absolute Gasteiger partial charge is 0.494 e. The summed E-state index contributed by atoms with van der Waals surface area (Å²) in [4.78, 5) is 32.5. The number of hydrogen-bond donors (Lipinski definition) is 1. The summed E-state index contributed by atoms with van der Waals surface area (Å²) in [5, 5.41) is 10.5. The molecule has 2 aliphatic heterocycles. The fourth-order valence-electron chi connectivity index (χ4n) is 7.96. The Bertz CT molecular complexity index is 2070. The molecule has 5 aromatic rings. The van der Waals surface area contributed by atoms with Crippen molar-refractivity contribution in [3.05, 3.63) is 66.1 Å². The first-order chi connectivity index (χ1) is 22.5. The van der Waals surface area contributed by atoms with E-state index < -0.39 is 0 Å². The maximum atomic E-state index is 13.9. The quantitative estimate of drug-likeness (QED) is 0.287. The molecule has 2 saturated carbocycles. The monoisotopic (exact) mass is 613 g/mol. The molecule has 0 spiro atoms. The second-order valence-electron chi connectivity index (χ2n) is 13.4. The highest BCUT2D eigenvalue weighted by Gasteiger charge is 2.47. The summed E-state index contributed by atoms with van der Waals surface area (Å²) < 4.78 is 10.7. The minimum absolute atomic E-state index is 0.00862. The number of hydrogen-bond acceptors (Lipinski definition) is 8. The van der Waals surface area contributed by atoms with E-state index in [9.17, 15) is 10.1 Å². The summed E-state index contributed by atoms with van der Waals surface area (Å²) in [7, 11) is 1.66. The minimum Gasteiger partial charge on any atom is -0.494 e. The molecule has 11 nitrogen and oxygen atoms in total. The molecule has 2 N–H and O–H groups in total. The molecule has 46 heavy (non-hydrogen) atoms. The molecule has 1 aromatic carbocycles. The molecule has 4 aliphatic rings. The van der Waals surface area contributed by atoms with E-state index in [0.717, 1.165) is 58.7 Å². The molecule has 2 aliphatic carbocycles. The van der Waals surface area contributed by atoms with Gasteiger partial charge in [-0.05, 0) is 73.9 Å². The molecule has 0 radical (unpaired) electrons. The van der Waals surface area contributed by atoms with Crippen LogP contribution in [0, 0.1) is 23.2 Å². The third kappa shape index (κ3) is 4.20. The molecule has 1 amide bonds. The van der Waals surface area contributed by atoms with Gasteiger partial charge >= 0.3 is 0 Å². The average molecular weight is 614 g/mol. The smallest absolute Gasteiger partial charge is 0.254 e. The van der Waals surface area contributed by atoms with Crippen LogP contribution in [0.2, 0.25) is 0 Å². The van der Waals surface area contributed by atoms with Crippen LogP contribution in [-0.2, 0) is 6.54 Å². The molecule has 232 valence electrons. The number of imidazole rings is 1. The SMILES string of the molecule is COc1cc(C(=O)N2C[C@H]3CC[C@@H]2[C@@H]3N)cc2nc(-c3cc4cccnc4n3CC3CC3)n(C3CN(c4cncc(C#N)c4)C3)c12. The van der Waals surface area contributed by atoms with Gasteiger partial charge in [-0.2, -0.15) is 5.26 Å². The van der Waals surface area contributed by atoms with Crippen molar-refractivity contribution >= 4 is 33.7 Å². The molecule has 0 unspecified atom stereocenters. The zero-order valence-electron chi connectivity index (χ0n) is 25.7. The number of amides is 1. The van der Waals surface area contributed by atoms with Crippen LogP contribution in [0.15, 0.2) is 55.0 Å². The molecule has 4 fully saturated rings. The molecule has 3 atom stereocenters. The number of likely N-dealkylation sites (tertiary alicyclic amines) is 1. The second-order valence-corrected chi connectivity index (χ2v) is 13.4. The molecule has 2 saturated heterocycles. The van der Waals surface area contributed by atoms with Gasteiger partial charge in [-0.15, -0.1) is 0 Å². The van der Waals surface area contributed by atoms with Gasteiger partial charge < -0.3 is 29.4 Å². The van der Waals surface area contributed by atoms with Crippen molar-refractivity contribution in [3.63, 3.8) is 0 Å². The first-order valence-corrected chi connectivity index (χ1v) is 16.2. The average Bonchev–Trinajstić information content (AvgIpc) is 3.41. The number of piperidine rings is 1. The first-order valence-electron chi connectivity index (χ1n) is 16.2. The van der Waals surface area contributed by atoms with E-state index in [1.165, 1.54) is 12.8 Å². The van der Waals surface area contributed by atoms with Crippen LogP contribution >= 0.6 is 0 Å². The fourth-order valence-corrected chi connectivity index (χ4v) is 7.96. The first kappa shape index (κ1) is 27.4. The number of anilines is 1. The van der Waals surface area contributed by atoms with E-state index in [4.69, 9.17) is 20.4 Å². The van der Waals surface area contributed by atoms with Crippen molar-refractivity contribution < 1.29 is 9.53 Å². The number of carbonyl (C=O) groups is 1. The maximum Gasteiger partial charge on any atom is 0.254 e. The van der Waals surface area contributed by atoms with E-state index in [1.807, 2.05) is 35.4 Å². The lowest BCUT2D eigenvalue weighted by molar-refractivity contribution is 0.0700. The topological polar surface area (TPSA) is 131 Å². The lowest BCUT2D eigenvalue weighted by Crippen LogP contribution is -2.48. The Morgan fingerprint density at radius 3 is 2.72 bits per heavy atom. The summed E-state index contributed by atoms with van der Waals surface area (Å²) in [6.45, 7) is 3.03. The van der Waals surface area contributed by atoms with Crippen LogP contribution in [-0.4, -0.2) is 73.7 Å². The summed E-state index contributed by atoms with van der Waals surface area (Å²) >= 11 is 0. The summed E-state index contributed by atoms with van der Waals surface area (Å²) in [6.07, 6.45) is 9.72. The van der Waals surface area contributed by atoms with E-state index in [-0.39, 0.29) is 24.0 Å². The van der Waals surface area contributed by atoms with Gasteiger partial charge in [-0.25, -0.2) is 9.97 Å². The van der Waals surface area contributed by atoms with Crippen molar-refractivity contribution in [1.29, 1.82) is 5.26 Å². The van der Waals surface area contributed by atoms with Gasteiger partial charge in [0, 0.05) is 61.6 Å². The van der Waals surface area contributed by atoms with Crippen LogP contribution in [0.25, 0.3) is 33.6 Å². The number of aromatic nitrogens is 5. The highest BCUT2D eigenvalue weighted by atomic mass is 16.5. The zero-order chi connectivity index (χ0) is 31.1. The molecular weight excluding hydrogens is 578 g/mol. The number of nitriles is 1. The van der Waals surface area contributed by atoms with Crippen LogP contribution in [0.4, 0.5) is 5.69 Å². The van der Waals surface area contributed by atoms with E-state index in [1.54, 1.807) is 19.5 Å². The van der Waals surface area contributed by atoms with Crippen molar-refractivity contribution in [1.82, 2.24) is 29.0 Å². The highest BCUT2D eigenvalue weighted by molar-refractivity contribution is 6.00. The van der Waals surface area contributed by atoms with Crippen LogP contribution < -0.4 is 15.4 Å². The number of nitrogens with zero attached hydrogens (tertiary/aromatic N) is 8. The fraction of sp³-hybridized carbons (Fsp3) is 0.400. The summed E-state index contributed by atoms with van der Waals surface area (Å²) in [5.41, 5.74) is 12.1. The number of carbonyl (C=O) groups excluding carboxylic acids is 1. The Kier molecular flexibility index (Phi) is 6.12. The second kappa shape index (κ2) is 10.3. The van der Waals surface area contributed by atoms with Crippen molar-refractivity contribution in [2.75, 3.05) is 31.6 Å². The van der Waals surface area contributed by atoms with Gasteiger partial charge in [0.1, 0.15) is 23.0 Å². The standard InChI is InChI=1S/C35H35N9O2/c1-46-30-12-24(35(45)43-17-23-6-7-28(43)31(23)37)10-27-32(30)44(26-18-41(19-26)25-9-21(13-36)14-38-15-25)34(40-27)29-11-22-3-2-8-39-33(22)42(29)16-20-4-5-20/h2-3,8-12,14-15,20,23,26,28,31H,4-7,16-19,37H2,1H3/t23-,28-,31-/m1/s1.